The van der Waals surface area contributed by atoms with Crippen LogP contribution in [0.25, 0.3) is 0 Å². The minimum Gasteiger partial charge on any atom is -0.496 e. The van der Waals surface area contributed by atoms with E-state index in [-0.39, 0.29) is 17.9 Å². The fraction of sp³-hybridized carbons (Fsp3) is 0.412. The number of nitrogen functional groups attached to an aromatic ring is 1. The number of anilines is 1. The van der Waals surface area contributed by atoms with E-state index >= 15 is 0 Å². The number of fused-ring (bicyclic) bond motifs is 1. The lowest BCUT2D eigenvalue weighted by atomic mass is 9.85. The Hall–Kier alpha value is -2.50. The van der Waals surface area contributed by atoms with Crippen LogP contribution < -0.4 is 10.5 Å². The number of esters is 1. The zero-order valence-electron chi connectivity index (χ0n) is 13.7. The van der Waals surface area contributed by atoms with Gasteiger partial charge in [0.25, 0.3) is 0 Å². The van der Waals surface area contributed by atoms with Crippen molar-refractivity contribution in [3.8, 4) is 5.75 Å². The van der Waals surface area contributed by atoms with Crippen LogP contribution in [-0.4, -0.2) is 24.2 Å². The number of nitrogens with two attached hydrogens (primary N) is 1. The molecule has 1 aliphatic rings. The number of hydrogen-bond acceptors (Lipinski definition) is 5. The van der Waals surface area contributed by atoms with E-state index in [0.29, 0.717) is 28.9 Å². The maximum atomic E-state index is 12.0. The van der Waals surface area contributed by atoms with Gasteiger partial charge in [-0.3, -0.25) is 4.79 Å². The summed E-state index contributed by atoms with van der Waals surface area (Å²) >= 11 is 0. The van der Waals surface area contributed by atoms with Crippen molar-refractivity contribution >= 4 is 17.6 Å². The summed E-state index contributed by atoms with van der Waals surface area (Å²) in [5.74, 6) is -2.01. The molecule has 0 fully saturated rings. The Bertz CT molecular complexity index is 706. The zero-order chi connectivity index (χ0) is 17.3. The number of methoxy groups -OCH3 is 1. The molecule has 23 heavy (non-hydrogen) atoms. The number of carboxylic acids is 1. The summed E-state index contributed by atoms with van der Waals surface area (Å²) < 4.78 is 10.5. The average molecular weight is 319 g/mol. The van der Waals surface area contributed by atoms with Crippen LogP contribution in [0.4, 0.5) is 5.69 Å². The maximum absolute atomic E-state index is 12.0. The molecule has 0 bridgehead atoms. The van der Waals surface area contributed by atoms with Gasteiger partial charge in [0, 0.05) is 11.1 Å². The molecule has 0 aliphatic carbocycles. The molecular weight excluding hydrogens is 298 g/mol. The van der Waals surface area contributed by atoms with Gasteiger partial charge in [0.2, 0.25) is 0 Å². The predicted molar refractivity (Wildman–Crippen MR) is 85.7 cm³/mol. The molecule has 1 aromatic rings. The molecule has 0 saturated carbocycles. The van der Waals surface area contributed by atoms with Crippen molar-refractivity contribution in [3.63, 3.8) is 0 Å². The maximum Gasteiger partial charge on any atom is 0.341 e. The van der Waals surface area contributed by atoms with E-state index in [1.165, 1.54) is 7.11 Å². The second-order valence-corrected chi connectivity index (χ2v) is 5.65. The van der Waals surface area contributed by atoms with Gasteiger partial charge in [-0.1, -0.05) is 11.6 Å². The fourth-order valence-electron chi connectivity index (χ4n) is 2.93. The fourth-order valence-corrected chi connectivity index (χ4v) is 2.93. The van der Waals surface area contributed by atoms with Gasteiger partial charge in [0.05, 0.1) is 24.3 Å². The van der Waals surface area contributed by atoms with Crippen molar-refractivity contribution in [1.82, 2.24) is 0 Å². The van der Waals surface area contributed by atoms with Crippen molar-refractivity contribution in [2.24, 2.45) is 0 Å². The summed E-state index contributed by atoms with van der Waals surface area (Å²) in [6.07, 6.45) is 2.15. The summed E-state index contributed by atoms with van der Waals surface area (Å²) in [6, 6.07) is 0. The van der Waals surface area contributed by atoms with Crippen molar-refractivity contribution < 1.29 is 24.2 Å². The van der Waals surface area contributed by atoms with Crippen LogP contribution in [0.1, 0.15) is 53.2 Å². The third kappa shape index (κ3) is 2.76. The smallest absolute Gasteiger partial charge is 0.341 e. The number of carbonyl (C=O) groups excluding carboxylic acids is 1. The number of rotatable bonds is 5. The molecule has 6 heteroatoms. The third-order valence-electron chi connectivity index (χ3n) is 4.32. The lowest BCUT2D eigenvalue weighted by Gasteiger charge is -2.22. The average Bonchev–Trinajstić information content (AvgIpc) is 2.90. The SMILES string of the molecule is C/C=C(\C)CC(C(=O)O)c1c(N)c2c(c(C)c1OC)COC2=O. The van der Waals surface area contributed by atoms with Crippen LogP contribution in [0.15, 0.2) is 11.6 Å². The molecule has 1 unspecified atom stereocenters. The molecule has 3 N–H and O–H groups in total. The molecule has 1 aliphatic heterocycles. The van der Waals surface area contributed by atoms with E-state index in [2.05, 4.69) is 0 Å². The lowest BCUT2D eigenvalue weighted by Crippen LogP contribution is -2.18. The number of ether oxygens (including phenoxy) is 2. The molecule has 1 atom stereocenters. The van der Waals surface area contributed by atoms with Crippen molar-refractivity contribution in [1.29, 1.82) is 0 Å². The van der Waals surface area contributed by atoms with Crippen LogP contribution in [-0.2, 0) is 16.1 Å². The Balaban J connectivity index is 2.74. The van der Waals surface area contributed by atoms with Gasteiger partial charge in [-0.05, 0) is 32.8 Å². The summed E-state index contributed by atoms with van der Waals surface area (Å²) in [5, 5.41) is 9.67. The second-order valence-electron chi connectivity index (χ2n) is 5.65. The summed E-state index contributed by atoms with van der Waals surface area (Å²) in [7, 11) is 1.47. The Morgan fingerprint density at radius 2 is 2.17 bits per heavy atom. The number of allylic oxidation sites excluding steroid dienone is 2. The molecule has 0 saturated heterocycles. The number of carbonyl (C=O) groups is 2. The van der Waals surface area contributed by atoms with E-state index in [4.69, 9.17) is 15.2 Å². The number of cyclic esters (lactones) is 1. The summed E-state index contributed by atoms with van der Waals surface area (Å²) in [6.45, 7) is 5.61. The minimum atomic E-state index is -1.01. The highest BCUT2D eigenvalue weighted by atomic mass is 16.5. The van der Waals surface area contributed by atoms with E-state index in [9.17, 15) is 14.7 Å². The number of benzene rings is 1. The Labute approximate surface area is 134 Å². The highest BCUT2D eigenvalue weighted by molar-refractivity contribution is 6.02. The topological polar surface area (TPSA) is 98.8 Å². The summed E-state index contributed by atoms with van der Waals surface area (Å²) in [4.78, 5) is 23.8. The van der Waals surface area contributed by atoms with Crippen LogP contribution in [0, 0.1) is 6.92 Å². The summed E-state index contributed by atoms with van der Waals surface area (Å²) in [5.41, 5.74) is 9.19. The minimum absolute atomic E-state index is 0.131. The molecule has 0 aromatic heterocycles. The molecule has 0 spiro atoms. The first-order chi connectivity index (χ1) is 10.8. The van der Waals surface area contributed by atoms with Gasteiger partial charge >= 0.3 is 11.9 Å². The van der Waals surface area contributed by atoms with Gasteiger partial charge in [0.1, 0.15) is 12.4 Å². The highest BCUT2D eigenvalue weighted by Gasteiger charge is 2.35. The second kappa shape index (κ2) is 6.32. The first-order valence-electron chi connectivity index (χ1n) is 7.33. The highest BCUT2D eigenvalue weighted by Crippen LogP contribution is 2.44. The van der Waals surface area contributed by atoms with Crippen LogP contribution in [0.2, 0.25) is 0 Å². The third-order valence-corrected chi connectivity index (χ3v) is 4.32. The Morgan fingerprint density at radius 1 is 1.52 bits per heavy atom. The van der Waals surface area contributed by atoms with Crippen molar-refractivity contribution in [3.05, 3.63) is 33.9 Å². The predicted octanol–water partition coefficient (Wildman–Crippen LogP) is 2.78. The molecule has 0 radical (unpaired) electrons. The van der Waals surface area contributed by atoms with E-state index in [1.54, 1.807) is 6.92 Å². The van der Waals surface area contributed by atoms with E-state index in [1.807, 2.05) is 19.9 Å². The first kappa shape index (κ1) is 16.9. The van der Waals surface area contributed by atoms with Gasteiger partial charge in [-0.2, -0.15) is 0 Å². The van der Waals surface area contributed by atoms with Gasteiger partial charge < -0.3 is 20.3 Å². The Morgan fingerprint density at radius 3 is 2.70 bits per heavy atom. The van der Waals surface area contributed by atoms with Gasteiger partial charge in [0.15, 0.2) is 0 Å². The number of aliphatic carboxylic acids is 1. The van der Waals surface area contributed by atoms with E-state index in [0.717, 1.165) is 5.57 Å². The van der Waals surface area contributed by atoms with Crippen LogP contribution in [0.5, 0.6) is 5.75 Å². The van der Waals surface area contributed by atoms with Crippen LogP contribution in [0.3, 0.4) is 0 Å². The molecule has 2 rings (SSSR count). The quantitative estimate of drug-likeness (QED) is 0.492. The standard InChI is InChI=1S/C17H21NO5/c1-5-8(2)6-10(16(19)20)12-14(18)13-11(7-23-17(13)21)9(3)15(12)22-4/h5,10H,6-7,18H2,1-4H3,(H,19,20)/b8-5+. The van der Waals surface area contributed by atoms with Gasteiger partial charge in [-0.15, -0.1) is 0 Å². The first-order valence-corrected chi connectivity index (χ1v) is 7.33. The number of carboxylic acid groups (broad SMARTS) is 1. The van der Waals surface area contributed by atoms with Crippen molar-refractivity contribution in [2.45, 2.75) is 39.7 Å². The monoisotopic (exact) mass is 319 g/mol. The van der Waals surface area contributed by atoms with Crippen LogP contribution >= 0.6 is 0 Å². The van der Waals surface area contributed by atoms with Gasteiger partial charge in [-0.25, -0.2) is 4.79 Å². The lowest BCUT2D eigenvalue weighted by molar-refractivity contribution is -0.138. The molecule has 6 nitrogen and oxygen atoms in total. The van der Waals surface area contributed by atoms with Crippen molar-refractivity contribution in [2.75, 3.05) is 12.8 Å². The largest absolute Gasteiger partial charge is 0.496 e. The molecule has 0 amide bonds. The van der Waals surface area contributed by atoms with E-state index < -0.39 is 17.9 Å². The Kier molecular flexibility index (Phi) is 4.63. The zero-order valence-corrected chi connectivity index (χ0v) is 13.7. The molecule has 1 aromatic carbocycles. The molecule has 124 valence electrons. The molecular formula is C17H21NO5. The number of hydrogen-bond donors (Lipinski definition) is 2. The molecule has 1 heterocycles. The normalized spacial score (nSPS) is 15.1.